The Hall–Kier alpha value is -5.70. The molecule has 0 saturated carbocycles. The van der Waals surface area contributed by atoms with Crippen LogP contribution in [0.15, 0.2) is 107 Å². The quantitative estimate of drug-likeness (QED) is 0.226. The molecule has 0 spiro atoms. The van der Waals surface area contributed by atoms with Crippen LogP contribution in [0.2, 0.25) is 0 Å². The molecule has 0 unspecified atom stereocenters. The lowest BCUT2D eigenvalue weighted by Crippen LogP contribution is -2.07. The fourth-order valence-corrected chi connectivity index (χ4v) is 5.31. The van der Waals surface area contributed by atoms with Gasteiger partial charge in [0.1, 0.15) is 23.0 Å². The van der Waals surface area contributed by atoms with E-state index in [-0.39, 0.29) is 11.3 Å². The Bertz CT molecular complexity index is 2130. The predicted molar refractivity (Wildman–Crippen MR) is 165 cm³/mol. The SMILES string of the molecule is CCc1cc(-c2ccc(C)o2)n(-c2ccc3c(c2)nc(-c2cc(-c4cccnc4)ccc2O)n3Cc2ccc(=O)[nH]c2)n1. The van der Waals surface area contributed by atoms with Crippen LogP contribution >= 0.6 is 0 Å². The maximum atomic E-state index is 11.7. The Balaban J connectivity index is 1.41. The molecule has 0 aliphatic rings. The summed E-state index contributed by atoms with van der Waals surface area (Å²) in [5, 5.41) is 15.9. The third-order valence-corrected chi connectivity index (χ3v) is 7.51. The van der Waals surface area contributed by atoms with Crippen molar-refractivity contribution in [2.45, 2.75) is 26.8 Å². The zero-order valence-corrected chi connectivity index (χ0v) is 23.7. The fourth-order valence-electron chi connectivity index (χ4n) is 5.31. The zero-order chi connectivity index (χ0) is 29.5. The summed E-state index contributed by atoms with van der Waals surface area (Å²) in [6, 6.07) is 24.6. The van der Waals surface area contributed by atoms with E-state index in [0.717, 1.165) is 62.7 Å². The van der Waals surface area contributed by atoms with Crippen LogP contribution in [0.5, 0.6) is 5.75 Å². The van der Waals surface area contributed by atoms with Gasteiger partial charge in [-0.3, -0.25) is 9.78 Å². The number of benzene rings is 2. The van der Waals surface area contributed by atoms with Gasteiger partial charge >= 0.3 is 0 Å². The first-order valence-electron chi connectivity index (χ1n) is 14.0. The summed E-state index contributed by atoms with van der Waals surface area (Å²) in [6.07, 6.45) is 6.00. The van der Waals surface area contributed by atoms with Crippen molar-refractivity contribution >= 4 is 11.0 Å². The van der Waals surface area contributed by atoms with E-state index < -0.39 is 0 Å². The Morgan fingerprint density at radius 2 is 1.88 bits per heavy atom. The van der Waals surface area contributed by atoms with Crippen LogP contribution in [0.4, 0.5) is 0 Å². The summed E-state index contributed by atoms with van der Waals surface area (Å²) >= 11 is 0. The van der Waals surface area contributed by atoms with Crippen molar-refractivity contribution in [2.75, 3.05) is 0 Å². The molecule has 0 radical (unpaired) electrons. The van der Waals surface area contributed by atoms with Crippen molar-refractivity contribution in [1.29, 1.82) is 0 Å². The van der Waals surface area contributed by atoms with Crippen molar-refractivity contribution in [2.24, 2.45) is 0 Å². The standard InChI is InChI=1S/C34H28N6O3/c1-3-25-16-30(32-12-6-21(2)43-32)40(38-25)26-9-10-29-28(17-26)37-34(39(29)20-22-7-13-33(42)36-18-22)27-15-23(8-11-31(27)41)24-5-4-14-35-19-24/h4-19,41H,3,20H2,1-2H3,(H,36,42). The number of fused-ring (bicyclic) bond motifs is 1. The first kappa shape index (κ1) is 26.2. The second-order valence-electron chi connectivity index (χ2n) is 10.4. The summed E-state index contributed by atoms with van der Waals surface area (Å²) in [7, 11) is 0. The monoisotopic (exact) mass is 568 g/mol. The van der Waals surface area contributed by atoms with Crippen LogP contribution in [0, 0.1) is 6.92 Å². The number of pyridine rings is 2. The summed E-state index contributed by atoms with van der Waals surface area (Å²) in [4.78, 5) is 23.8. The second-order valence-corrected chi connectivity index (χ2v) is 10.4. The third kappa shape index (κ3) is 4.91. The molecule has 2 N–H and O–H groups in total. The smallest absolute Gasteiger partial charge is 0.247 e. The maximum Gasteiger partial charge on any atom is 0.247 e. The molecule has 0 fully saturated rings. The largest absolute Gasteiger partial charge is 0.507 e. The topological polar surface area (TPSA) is 115 Å². The number of rotatable bonds is 7. The summed E-state index contributed by atoms with van der Waals surface area (Å²) < 4.78 is 9.89. The number of hydrogen-bond donors (Lipinski definition) is 2. The molecule has 0 bridgehead atoms. The van der Waals surface area contributed by atoms with Crippen molar-refractivity contribution < 1.29 is 9.52 Å². The lowest BCUT2D eigenvalue weighted by molar-refractivity contribution is 0.476. The van der Waals surface area contributed by atoms with Crippen molar-refractivity contribution in [3.63, 3.8) is 0 Å². The van der Waals surface area contributed by atoms with E-state index in [2.05, 4.69) is 16.9 Å². The first-order chi connectivity index (χ1) is 21.0. The number of aromatic hydroxyl groups is 1. The van der Waals surface area contributed by atoms with Crippen LogP contribution in [-0.4, -0.2) is 34.4 Å². The van der Waals surface area contributed by atoms with E-state index in [4.69, 9.17) is 14.5 Å². The molecule has 0 aliphatic carbocycles. The number of aromatic nitrogens is 6. The highest BCUT2D eigenvalue weighted by Gasteiger charge is 2.20. The number of nitrogens with one attached hydrogen (secondary N) is 1. The number of phenols is 1. The van der Waals surface area contributed by atoms with E-state index in [0.29, 0.717) is 17.9 Å². The van der Waals surface area contributed by atoms with Gasteiger partial charge in [-0.15, -0.1) is 0 Å². The molecule has 0 atom stereocenters. The third-order valence-electron chi connectivity index (χ3n) is 7.51. The van der Waals surface area contributed by atoms with Crippen LogP contribution in [0.3, 0.4) is 0 Å². The van der Waals surface area contributed by atoms with Crippen molar-refractivity contribution in [1.82, 2.24) is 29.3 Å². The van der Waals surface area contributed by atoms with Crippen molar-refractivity contribution in [3.8, 4) is 45.4 Å². The van der Waals surface area contributed by atoms with Crippen LogP contribution in [0.25, 0.3) is 50.7 Å². The normalized spacial score (nSPS) is 11.4. The van der Waals surface area contributed by atoms with E-state index in [1.807, 2.05) is 76.8 Å². The predicted octanol–water partition coefficient (Wildman–Crippen LogP) is 6.52. The Kier molecular flexibility index (Phi) is 6.47. The van der Waals surface area contributed by atoms with Gasteiger partial charge in [0.25, 0.3) is 0 Å². The molecule has 5 heterocycles. The average Bonchev–Trinajstić information content (AvgIpc) is 3.75. The second kappa shape index (κ2) is 10.6. The van der Waals surface area contributed by atoms with E-state index in [1.165, 1.54) is 6.07 Å². The molecule has 9 nitrogen and oxygen atoms in total. The maximum absolute atomic E-state index is 11.7. The van der Waals surface area contributed by atoms with Gasteiger partial charge in [0, 0.05) is 30.2 Å². The molecule has 0 saturated heterocycles. The Morgan fingerprint density at radius 3 is 2.63 bits per heavy atom. The zero-order valence-electron chi connectivity index (χ0n) is 23.7. The van der Waals surface area contributed by atoms with E-state index in [9.17, 15) is 9.90 Å². The number of phenolic OH excluding ortho intramolecular Hbond substituents is 1. The molecule has 9 heteroatoms. The molecular weight excluding hydrogens is 540 g/mol. The molecule has 0 amide bonds. The van der Waals surface area contributed by atoms with Gasteiger partial charge in [-0.05, 0) is 79.1 Å². The Morgan fingerprint density at radius 1 is 0.977 bits per heavy atom. The van der Waals surface area contributed by atoms with Gasteiger partial charge in [-0.1, -0.05) is 25.1 Å². The number of furan rings is 1. The average molecular weight is 569 g/mol. The highest BCUT2D eigenvalue weighted by Crippen LogP contribution is 2.36. The van der Waals surface area contributed by atoms with Gasteiger partial charge in [0.15, 0.2) is 5.76 Å². The Labute approximate surface area is 246 Å². The molecule has 5 aromatic heterocycles. The van der Waals surface area contributed by atoms with Gasteiger partial charge < -0.3 is 19.1 Å². The number of aryl methyl sites for hydroxylation is 2. The number of aromatic amines is 1. The lowest BCUT2D eigenvalue weighted by Gasteiger charge is -2.12. The van der Waals surface area contributed by atoms with E-state index in [1.54, 1.807) is 30.7 Å². The van der Waals surface area contributed by atoms with Crippen molar-refractivity contribution in [3.05, 3.63) is 125 Å². The van der Waals surface area contributed by atoms with Crippen LogP contribution in [-0.2, 0) is 13.0 Å². The van der Waals surface area contributed by atoms with Crippen LogP contribution < -0.4 is 5.56 Å². The van der Waals surface area contributed by atoms with Crippen LogP contribution in [0.1, 0.15) is 23.9 Å². The van der Waals surface area contributed by atoms with Gasteiger partial charge in [0.2, 0.25) is 5.56 Å². The van der Waals surface area contributed by atoms with Gasteiger partial charge in [-0.25, -0.2) is 9.67 Å². The summed E-state index contributed by atoms with van der Waals surface area (Å²) in [6.45, 7) is 4.42. The van der Waals surface area contributed by atoms with Gasteiger partial charge in [0.05, 0.1) is 34.5 Å². The number of H-pyrrole nitrogens is 1. The minimum absolute atomic E-state index is 0.112. The molecule has 43 heavy (non-hydrogen) atoms. The minimum Gasteiger partial charge on any atom is -0.507 e. The van der Waals surface area contributed by atoms with Gasteiger partial charge in [-0.2, -0.15) is 5.10 Å². The number of nitrogens with zero attached hydrogens (tertiary/aromatic N) is 5. The molecular formula is C34H28N6O3. The minimum atomic E-state index is -0.167. The molecule has 212 valence electrons. The number of hydrogen-bond acceptors (Lipinski definition) is 6. The molecule has 7 rings (SSSR count). The molecule has 7 aromatic rings. The highest BCUT2D eigenvalue weighted by atomic mass is 16.3. The highest BCUT2D eigenvalue weighted by molar-refractivity contribution is 5.85. The summed E-state index contributed by atoms with van der Waals surface area (Å²) in [5.74, 6) is 2.28. The lowest BCUT2D eigenvalue weighted by atomic mass is 10.0. The molecule has 0 aliphatic heterocycles. The first-order valence-corrected chi connectivity index (χ1v) is 14.0. The fraction of sp³-hybridized carbons (Fsp3) is 0.118. The summed E-state index contributed by atoms with van der Waals surface area (Å²) in [5.41, 5.74) is 7.40. The number of imidazole rings is 1. The van der Waals surface area contributed by atoms with E-state index >= 15 is 0 Å². The molecule has 2 aromatic carbocycles.